The standard InChI is InChI=1S/C14H16N4O3/c1-10-12(8-17-21-10)14(19)18-6-3-11(4-7-18)20-13-2-5-15-9-16-13/h2,5,8-9,11H,3-4,6-7H2,1H3. The maximum Gasteiger partial charge on any atom is 0.259 e. The van der Waals surface area contributed by atoms with E-state index in [9.17, 15) is 4.79 Å². The third-order valence-corrected chi connectivity index (χ3v) is 3.55. The lowest BCUT2D eigenvalue weighted by Crippen LogP contribution is -2.41. The van der Waals surface area contributed by atoms with Crippen molar-refractivity contribution in [1.82, 2.24) is 20.0 Å². The minimum atomic E-state index is -0.0331. The van der Waals surface area contributed by atoms with Crippen molar-refractivity contribution in [2.75, 3.05) is 13.1 Å². The number of aromatic nitrogens is 3. The van der Waals surface area contributed by atoms with Crippen molar-refractivity contribution in [3.05, 3.63) is 36.1 Å². The number of aryl methyl sites for hydroxylation is 1. The van der Waals surface area contributed by atoms with Crippen molar-refractivity contribution in [2.24, 2.45) is 0 Å². The van der Waals surface area contributed by atoms with E-state index in [1.807, 2.05) is 0 Å². The molecule has 0 saturated carbocycles. The Morgan fingerprint density at radius 2 is 2.24 bits per heavy atom. The molecule has 21 heavy (non-hydrogen) atoms. The smallest absolute Gasteiger partial charge is 0.259 e. The Balaban J connectivity index is 1.56. The fourth-order valence-corrected chi connectivity index (χ4v) is 2.37. The highest BCUT2D eigenvalue weighted by Crippen LogP contribution is 2.19. The van der Waals surface area contributed by atoms with E-state index in [1.54, 1.807) is 24.1 Å². The highest BCUT2D eigenvalue weighted by atomic mass is 16.5. The predicted molar refractivity (Wildman–Crippen MR) is 72.8 cm³/mol. The molecule has 0 unspecified atom stereocenters. The zero-order valence-electron chi connectivity index (χ0n) is 11.7. The van der Waals surface area contributed by atoms with Crippen LogP contribution in [0.3, 0.4) is 0 Å². The summed E-state index contributed by atoms with van der Waals surface area (Å²) >= 11 is 0. The molecule has 0 radical (unpaired) electrons. The van der Waals surface area contributed by atoms with Gasteiger partial charge in [0.25, 0.3) is 5.91 Å². The molecule has 7 heteroatoms. The van der Waals surface area contributed by atoms with Crippen LogP contribution in [-0.4, -0.2) is 45.1 Å². The molecule has 0 aromatic carbocycles. The Kier molecular flexibility index (Phi) is 3.81. The quantitative estimate of drug-likeness (QED) is 0.850. The van der Waals surface area contributed by atoms with Gasteiger partial charge < -0.3 is 14.2 Å². The van der Waals surface area contributed by atoms with Crippen LogP contribution in [0.25, 0.3) is 0 Å². The molecule has 0 bridgehead atoms. The number of likely N-dealkylation sites (tertiary alicyclic amines) is 1. The first-order chi connectivity index (χ1) is 10.2. The van der Waals surface area contributed by atoms with Crippen LogP contribution in [0, 0.1) is 6.92 Å². The lowest BCUT2D eigenvalue weighted by Gasteiger charge is -2.31. The minimum absolute atomic E-state index is 0.0331. The highest BCUT2D eigenvalue weighted by molar-refractivity contribution is 5.94. The molecule has 0 aliphatic carbocycles. The topological polar surface area (TPSA) is 81.4 Å². The summed E-state index contributed by atoms with van der Waals surface area (Å²) in [6.07, 6.45) is 6.21. The molecule has 7 nitrogen and oxygen atoms in total. The number of amides is 1. The maximum atomic E-state index is 12.3. The molecular formula is C14H16N4O3. The molecule has 1 saturated heterocycles. The zero-order chi connectivity index (χ0) is 14.7. The molecule has 1 fully saturated rings. The SMILES string of the molecule is Cc1oncc1C(=O)N1CCC(Oc2ccncn2)CC1. The molecule has 1 aliphatic rings. The van der Waals surface area contributed by atoms with Crippen LogP contribution in [0.15, 0.2) is 29.3 Å². The molecule has 0 spiro atoms. The van der Waals surface area contributed by atoms with Gasteiger partial charge in [-0.05, 0) is 6.92 Å². The van der Waals surface area contributed by atoms with Gasteiger partial charge in [0, 0.05) is 38.2 Å². The van der Waals surface area contributed by atoms with Crippen LogP contribution in [0.4, 0.5) is 0 Å². The van der Waals surface area contributed by atoms with Crippen LogP contribution in [0.2, 0.25) is 0 Å². The molecule has 2 aromatic heterocycles. The second-order valence-corrected chi connectivity index (χ2v) is 4.95. The fraction of sp³-hybridized carbons (Fsp3) is 0.429. The summed E-state index contributed by atoms with van der Waals surface area (Å²) < 4.78 is 10.7. The van der Waals surface area contributed by atoms with E-state index in [1.165, 1.54) is 12.5 Å². The second kappa shape index (κ2) is 5.90. The Hall–Kier alpha value is -2.44. The van der Waals surface area contributed by atoms with Crippen molar-refractivity contribution in [3.8, 4) is 5.88 Å². The van der Waals surface area contributed by atoms with E-state index >= 15 is 0 Å². The van der Waals surface area contributed by atoms with Gasteiger partial charge in [0.05, 0.1) is 6.20 Å². The summed E-state index contributed by atoms with van der Waals surface area (Å²) in [6.45, 7) is 3.05. The lowest BCUT2D eigenvalue weighted by atomic mass is 10.1. The van der Waals surface area contributed by atoms with E-state index in [-0.39, 0.29) is 12.0 Å². The number of piperidine rings is 1. The fourth-order valence-electron chi connectivity index (χ4n) is 2.37. The first kappa shape index (κ1) is 13.5. The van der Waals surface area contributed by atoms with Crippen molar-refractivity contribution < 1.29 is 14.1 Å². The lowest BCUT2D eigenvalue weighted by molar-refractivity contribution is 0.0586. The van der Waals surface area contributed by atoms with Crippen LogP contribution in [0.5, 0.6) is 5.88 Å². The second-order valence-electron chi connectivity index (χ2n) is 4.95. The van der Waals surface area contributed by atoms with Gasteiger partial charge in [-0.15, -0.1) is 0 Å². The molecular weight excluding hydrogens is 272 g/mol. The third kappa shape index (κ3) is 3.01. The largest absolute Gasteiger partial charge is 0.474 e. The van der Waals surface area contributed by atoms with Gasteiger partial charge in [0.2, 0.25) is 5.88 Å². The first-order valence-electron chi connectivity index (χ1n) is 6.87. The molecule has 0 atom stereocenters. The van der Waals surface area contributed by atoms with E-state index in [2.05, 4.69) is 15.1 Å². The van der Waals surface area contributed by atoms with E-state index in [4.69, 9.17) is 9.26 Å². The summed E-state index contributed by atoms with van der Waals surface area (Å²) in [7, 11) is 0. The van der Waals surface area contributed by atoms with Gasteiger partial charge in [0.1, 0.15) is 23.8 Å². The Labute approximate surface area is 121 Å². The molecule has 3 heterocycles. The van der Waals surface area contributed by atoms with Crippen molar-refractivity contribution in [1.29, 1.82) is 0 Å². The zero-order valence-corrected chi connectivity index (χ0v) is 11.7. The van der Waals surface area contributed by atoms with Gasteiger partial charge in [-0.2, -0.15) is 0 Å². The van der Waals surface area contributed by atoms with Gasteiger partial charge in [0.15, 0.2) is 0 Å². The normalized spacial score (nSPS) is 16.0. The Bertz CT molecular complexity index is 606. The van der Waals surface area contributed by atoms with E-state index in [0.29, 0.717) is 30.3 Å². The number of ether oxygens (including phenoxy) is 1. The predicted octanol–water partition coefficient (Wildman–Crippen LogP) is 1.46. The highest BCUT2D eigenvalue weighted by Gasteiger charge is 2.26. The van der Waals surface area contributed by atoms with Gasteiger partial charge in [-0.25, -0.2) is 9.97 Å². The van der Waals surface area contributed by atoms with Gasteiger partial charge in [-0.1, -0.05) is 5.16 Å². The number of carbonyl (C=O) groups excluding carboxylic acids is 1. The molecule has 1 aliphatic heterocycles. The van der Waals surface area contributed by atoms with Crippen LogP contribution in [0.1, 0.15) is 29.0 Å². The number of rotatable bonds is 3. The van der Waals surface area contributed by atoms with Crippen LogP contribution >= 0.6 is 0 Å². The van der Waals surface area contributed by atoms with Crippen LogP contribution < -0.4 is 4.74 Å². The Morgan fingerprint density at radius 3 is 2.86 bits per heavy atom. The minimum Gasteiger partial charge on any atom is -0.474 e. The van der Waals surface area contributed by atoms with Gasteiger partial charge >= 0.3 is 0 Å². The summed E-state index contributed by atoms with van der Waals surface area (Å²) in [4.78, 5) is 22.0. The van der Waals surface area contributed by atoms with E-state index < -0.39 is 0 Å². The van der Waals surface area contributed by atoms with Gasteiger partial charge in [-0.3, -0.25) is 4.79 Å². The Morgan fingerprint density at radius 1 is 1.43 bits per heavy atom. The first-order valence-corrected chi connectivity index (χ1v) is 6.87. The summed E-state index contributed by atoms with van der Waals surface area (Å²) in [5, 5.41) is 3.65. The maximum absolute atomic E-state index is 12.3. The third-order valence-electron chi connectivity index (χ3n) is 3.55. The molecule has 1 amide bonds. The van der Waals surface area contributed by atoms with E-state index in [0.717, 1.165) is 12.8 Å². The van der Waals surface area contributed by atoms with Crippen LogP contribution in [-0.2, 0) is 0 Å². The summed E-state index contributed by atoms with van der Waals surface area (Å²) in [5.74, 6) is 1.10. The van der Waals surface area contributed by atoms with Crippen molar-refractivity contribution in [2.45, 2.75) is 25.9 Å². The van der Waals surface area contributed by atoms with Crippen molar-refractivity contribution in [3.63, 3.8) is 0 Å². The van der Waals surface area contributed by atoms with Crippen molar-refractivity contribution >= 4 is 5.91 Å². The summed E-state index contributed by atoms with van der Waals surface area (Å²) in [5.41, 5.74) is 0.533. The number of hydrogen-bond acceptors (Lipinski definition) is 6. The number of hydrogen-bond donors (Lipinski definition) is 0. The molecule has 110 valence electrons. The number of carbonyl (C=O) groups is 1. The number of nitrogens with zero attached hydrogens (tertiary/aromatic N) is 4. The summed E-state index contributed by atoms with van der Waals surface area (Å²) in [6, 6.07) is 1.73. The molecule has 2 aromatic rings. The molecule has 3 rings (SSSR count). The molecule has 0 N–H and O–H groups in total. The average molecular weight is 288 g/mol. The monoisotopic (exact) mass is 288 g/mol. The average Bonchev–Trinajstić information content (AvgIpc) is 2.94.